The molecule has 2 fully saturated rings. The number of halogens is 1. The molecule has 37 heavy (non-hydrogen) atoms. The second-order valence-electron chi connectivity index (χ2n) is 10.4. The van der Waals surface area contributed by atoms with Crippen LogP contribution in [-0.4, -0.2) is 49.7 Å². The second kappa shape index (κ2) is 10.0. The number of ether oxygens (including phenoxy) is 2. The van der Waals surface area contributed by atoms with E-state index in [0.717, 1.165) is 41.5 Å². The lowest BCUT2D eigenvalue weighted by atomic mass is 9.69. The van der Waals surface area contributed by atoms with Crippen molar-refractivity contribution in [1.29, 1.82) is 0 Å². The summed E-state index contributed by atoms with van der Waals surface area (Å²) in [6.07, 6.45) is 9.65. The highest BCUT2D eigenvalue weighted by molar-refractivity contribution is 6.32. The molecule has 0 bridgehead atoms. The predicted molar refractivity (Wildman–Crippen MR) is 141 cm³/mol. The third-order valence-electron chi connectivity index (χ3n) is 8.07. The number of aromatic amines is 1. The van der Waals surface area contributed by atoms with Crippen LogP contribution in [0.2, 0.25) is 5.02 Å². The Morgan fingerprint density at radius 3 is 2.51 bits per heavy atom. The van der Waals surface area contributed by atoms with E-state index in [2.05, 4.69) is 69.8 Å². The predicted octanol–water partition coefficient (Wildman–Crippen LogP) is 6.03. The van der Waals surface area contributed by atoms with Gasteiger partial charge in [0, 0.05) is 28.4 Å². The van der Waals surface area contributed by atoms with E-state index in [1.165, 1.54) is 12.0 Å². The van der Waals surface area contributed by atoms with Gasteiger partial charge in [0.05, 0.1) is 19.5 Å². The van der Waals surface area contributed by atoms with Gasteiger partial charge in [-0.3, -0.25) is 0 Å². The third-order valence-corrected chi connectivity index (χ3v) is 8.40. The van der Waals surface area contributed by atoms with Crippen LogP contribution in [0.3, 0.4) is 0 Å². The van der Waals surface area contributed by atoms with Gasteiger partial charge in [-0.25, -0.2) is 4.98 Å². The van der Waals surface area contributed by atoms with Crippen LogP contribution in [0.25, 0.3) is 22.5 Å². The Kier molecular flexibility index (Phi) is 6.56. The molecule has 8 nitrogen and oxygen atoms in total. The molecule has 1 N–H and O–H groups in total. The van der Waals surface area contributed by atoms with Crippen molar-refractivity contribution < 1.29 is 9.47 Å². The SMILES string of the molecule is CCC(C)c1ccc(-c2cc(C(C3OCC4(CCC4)CO3)n3ccnc3)c(Cl)cc2-c2nn[nH]n2)cc1. The van der Waals surface area contributed by atoms with Crippen LogP contribution in [0.1, 0.15) is 62.6 Å². The van der Waals surface area contributed by atoms with Gasteiger partial charge in [0.25, 0.3) is 0 Å². The minimum atomic E-state index is -0.477. The van der Waals surface area contributed by atoms with E-state index in [1.807, 2.05) is 16.8 Å². The number of rotatable bonds is 7. The quantitative estimate of drug-likeness (QED) is 0.321. The summed E-state index contributed by atoms with van der Waals surface area (Å²) in [5.41, 5.74) is 5.20. The van der Waals surface area contributed by atoms with Crippen molar-refractivity contribution in [2.75, 3.05) is 13.2 Å². The molecule has 0 amide bonds. The van der Waals surface area contributed by atoms with Crippen LogP contribution in [0.15, 0.2) is 55.1 Å². The van der Waals surface area contributed by atoms with Gasteiger partial charge < -0.3 is 14.0 Å². The van der Waals surface area contributed by atoms with Crippen molar-refractivity contribution in [2.24, 2.45) is 5.41 Å². The molecule has 2 aliphatic rings. The first-order chi connectivity index (χ1) is 18.1. The number of hydrogen-bond donors (Lipinski definition) is 1. The van der Waals surface area contributed by atoms with Gasteiger partial charge >= 0.3 is 0 Å². The Balaban J connectivity index is 1.44. The summed E-state index contributed by atoms with van der Waals surface area (Å²) < 4.78 is 14.7. The molecule has 1 saturated heterocycles. The largest absolute Gasteiger partial charge is 0.349 e. The molecule has 1 spiro atoms. The van der Waals surface area contributed by atoms with Gasteiger partial charge in [-0.1, -0.05) is 56.1 Å². The summed E-state index contributed by atoms with van der Waals surface area (Å²) in [5, 5.41) is 15.4. The lowest BCUT2D eigenvalue weighted by molar-refractivity contribution is -0.256. The minimum absolute atomic E-state index is 0.171. The number of nitrogens with one attached hydrogen (secondary N) is 1. The van der Waals surface area contributed by atoms with Crippen LogP contribution in [-0.2, 0) is 9.47 Å². The van der Waals surface area contributed by atoms with Crippen LogP contribution in [0.4, 0.5) is 0 Å². The monoisotopic (exact) mass is 518 g/mol. The molecule has 4 aromatic rings. The molecule has 1 aliphatic carbocycles. The Bertz CT molecular complexity index is 1330. The van der Waals surface area contributed by atoms with Crippen molar-refractivity contribution in [2.45, 2.75) is 57.8 Å². The molecule has 9 heteroatoms. The fourth-order valence-electron chi connectivity index (χ4n) is 5.38. The molecule has 2 aromatic carbocycles. The Morgan fingerprint density at radius 2 is 1.92 bits per heavy atom. The molecular weight excluding hydrogens is 488 g/mol. The van der Waals surface area contributed by atoms with Crippen LogP contribution >= 0.6 is 11.6 Å². The Morgan fingerprint density at radius 1 is 1.14 bits per heavy atom. The number of benzene rings is 2. The van der Waals surface area contributed by atoms with Crippen LogP contribution in [0.5, 0.6) is 0 Å². The van der Waals surface area contributed by atoms with Gasteiger partial charge in [-0.05, 0) is 64.8 Å². The van der Waals surface area contributed by atoms with Crippen LogP contribution in [0, 0.1) is 5.41 Å². The normalized spacial score (nSPS) is 19.0. The fourth-order valence-corrected chi connectivity index (χ4v) is 5.66. The van der Waals surface area contributed by atoms with Crippen LogP contribution < -0.4 is 0 Å². The highest BCUT2D eigenvalue weighted by Crippen LogP contribution is 2.46. The number of imidazole rings is 1. The summed E-state index contributed by atoms with van der Waals surface area (Å²) in [4.78, 5) is 4.30. The maximum Gasteiger partial charge on any atom is 0.205 e. The van der Waals surface area contributed by atoms with E-state index in [-0.39, 0.29) is 11.5 Å². The minimum Gasteiger partial charge on any atom is -0.349 e. The van der Waals surface area contributed by atoms with Gasteiger partial charge in [0.15, 0.2) is 6.29 Å². The second-order valence-corrected chi connectivity index (χ2v) is 10.8. The first-order valence-corrected chi connectivity index (χ1v) is 13.3. The highest BCUT2D eigenvalue weighted by atomic mass is 35.5. The maximum absolute atomic E-state index is 6.99. The summed E-state index contributed by atoms with van der Waals surface area (Å²) >= 11 is 6.99. The molecule has 3 heterocycles. The molecule has 6 rings (SSSR count). The zero-order valence-corrected chi connectivity index (χ0v) is 21.9. The van der Waals surface area contributed by atoms with E-state index in [4.69, 9.17) is 21.1 Å². The molecule has 0 radical (unpaired) electrons. The van der Waals surface area contributed by atoms with Crippen molar-refractivity contribution in [1.82, 2.24) is 30.2 Å². The molecule has 2 atom stereocenters. The first kappa shape index (κ1) is 24.3. The third kappa shape index (κ3) is 4.58. The number of H-pyrrole nitrogens is 1. The molecule has 192 valence electrons. The van der Waals surface area contributed by atoms with E-state index >= 15 is 0 Å². The van der Waals surface area contributed by atoms with Crippen molar-refractivity contribution in [3.05, 3.63) is 71.3 Å². The Hall–Kier alpha value is -3.07. The number of hydrogen-bond acceptors (Lipinski definition) is 6. The molecular formula is C28H31ClN6O2. The van der Waals surface area contributed by atoms with Gasteiger partial charge in [-0.2, -0.15) is 5.21 Å². The molecule has 1 aliphatic heterocycles. The van der Waals surface area contributed by atoms with Gasteiger partial charge in [0.2, 0.25) is 5.82 Å². The van der Waals surface area contributed by atoms with E-state index in [9.17, 15) is 0 Å². The maximum atomic E-state index is 6.99. The van der Waals surface area contributed by atoms with Crippen molar-refractivity contribution >= 4 is 11.6 Å². The highest BCUT2D eigenvalue weighted by Gasteiger charge is 2.44. The van der Waals surface area contributed by atoms with Crippen molar-refractivity contribution in [3.8, 4) is 22.5 Å². The zero-order chi connectivity index (χ0) is 25.4. The first-order valence-electron chi connectivity index (χ1n) is 13.0. The topological polar surface area (TPSA) is 90.7 Å². The smallest absolute Gasteiger partial charge is 0.205 e. The van der Waals surface area contributed by atoms with E-state index in [0.29, 0.717) is 30.0 Å². The lowest BCUT2D eigenvalue weighted by Gasteiger charge is -2.47. The summed E-state index contributed by atoms with van der Waals surface area (Å²) in [6, 6.07) is 12.4. The average Bonchev–Trinajstić information content (AvgIpc) is 3.64. The van der Waals surface area contributed by atoms with Crippen molar-refractivity contribution in [3.63, 3.8) is 0 Å². The van der Waals surface area contributed by atoms with E-state index < -0.39 is 6.29 Å². The van der Waals surface area contributed by atoms with Gasteiger partial charge in [-0.15, -0.1) is 10.2 Å². The molecule has 1 saturated carbocycles. The zero-order valence-electron chi connectivity index (χ0n) is 21.1. The van der Waals surface area contributed by atoms with Gasteiger partial charge in [0.1, 0.15) is 6.04 Å². The summed E-state index contributed by atoms with van der Waals surface area (Å²) in [7, 11) is 0. The average molecular weight is 519 g/mol. The number of nitrogens with zero attached hydrogens (tertiary/aromatic N) is 5. The Labute approximate surface area is 221 Å². The molecule has 2 aromatic heterocycles. The molecule has 2 unspecified atom stereocenters. The number of aromatic nitrogens is 6. The standard InChI is InChI=1S/C28H31ClN6O2/c1-3-18(2)19-5-7-20(8-6-19)21-13-23(24(29)14-22(21)26-31-33-34-32-26)25(35-12-11-30-17-35)27-36-15-28(16-37-27)9-4-10-28/h5-8,11-14,17-18,25,27H,3-4,9-10,15-16H2,1-2H3,(H,31,32,33,34). The lowest BCUT2D eigenvalue weighted by Crippen LogP contribution is -2.48. The number of tetrazole rings is 1. The fraction of sp³-hybridized carbons (Fsp3) is 0.429. The van der Waals surface area contributed by atoms with E-state index in [1.54, 1.807) is 12.5 Å². The summed E-state index contributed by atoms with van der Waals surface area (Å²) in [6.45, 7) is 5.85. The summed E-state index contributed by atoms with van der Waals surface area (Å²) in [5.74, 6) is 0.988.